The van der Waals surface area contributed by atoms with Crippen LogP contribution in [0.2, 0.25) is 0 Å². The average Bonchev–Trinajstić information content (AvgIpc) is 3.18. The molecule has 2 heterocycles. The van der Waals surface area contributed by atoms with Crippen LogP contribution in [0, 0.1) is 0 Å². The van der Waals surface area contributed by atoms with Gasteiger partial charge in [-0.15, -0.1) is 0 Å². The first-order valence-electron chi connectivity index (χ1n) is 9.36. The van der Waals surface area contributed by atoms with Crippen molar-refractivity contribution < 1.29 is 14.3 Å². The standard InChI is InChI=1S/C19H24N4O4S/c1-3-20-18(26)22-16(24)12(2)28-19-21-15-9-5-4-8-14(15)17(25)23(19)11-13-7-6-10-27-13/h4-5,8-9,12-13H,3,6-7,10-11H2,1-2H3,(H2,20,22,24,26). The van der Waals surface area contributed by atoms with Crippen LogP contribution in [0.15, 0.2) is 34.2 Å². The number of amides is 3. The lowest BCUT2D eigenvalue weighted by Gasteiger charge is -2.18. The van der Waals surface area contributed by atoms with Gasteiger partial charge in [-0.2, -0.15) is 0 Å². The number of ether oxygens (including phenoxy) is 1. The Hall–Kier alpha value is -2.39. The Morgan fingerprint density at radius 3 is 2.89 bits per heavy atom. The number of hydrogen-bond donors (Lipinski definition) is 2. The zero-order chi connectivity index (χ0) is 20.1. The number of thioether (sulfide) groups is 1. The smallest absolute Gasteiger partial charge is 0.321 e. The van der Waals surface area contributed by atoms with E-state index in [1.165, 1.54) is 0 Å². The van der Waals surface area contributed by atoms with E-state index in [9.17, 15) is 14.4 Å². The molecule has 1 saturated heterocycles. The molecule has 8 nitrogen and oxygen atoms in total. The van der Waals surface area contributed by atoms with Crippen molar-refractivity contribution in [2.75, 3.05) is 13.2 Å². The molecule has 2 unspecified atom stereocenters. The molecular weight excluding hydrogens is 380 g/mol. The molecule has 1 aromatic carbocycles. The van der Waals surface area contributed by atoms with E-state index in [2.05, 4.69) is 15.6 Å². The predicted molar refractivity (Wildman–Crippen MR) is 108 cm³/mol. The molecule has 9 heteroatoms. The summed E-state index contributed by atoms with van der Waals surface area (Å²) in [6.07, 6.45) is 1.81. The molecule has 2 N–H and O–H groups in total. The van der Waals surface area contributed by atoms with Crippen molar-refractivity contribution in [2.24, 2.45) is 0 Å². The highest BCUT2D eigenvalue weighted by atomic mass is 32.2. The first-order valence-corrected chi connectivity index (χ1v) is 10.2. The number of hydrogen-bond acceptors (Lipinski definition) is 6. The molecule has 1 aliphatic rings. The Balaban J connectivity index is 1.88. The highest BCUT2D eigenvalue weighted by Gasteiger charge is 2.23. The van der Waals surface area contributed by atoms with Gasteiger partial charge in [-0.25, -0.2) is 9.78 Å². The summed E-state index contributed by atoms with van der Waals surface area (Å²) in [5, 5.41) is 5.19. The lowest BCUT2D eigenvalue weighted by molar-refractivity contribution is -0.119. The minimum atomic E-state index is -0.605. The van der Waals surface area contributed by atoms with Crippen LogP contribution < -0.4 is 16.2 Å². The van der Waals surface area contributed by atoms with Crippen LogP contribution in [0.3, 0.4) is 0 Å². The molecule has 0 saturated carbocycles. The van der Waals surface area contributed by atoms with Crippen molar-refractivity contribution in [3.63, 3.8) is 0 Å². The van der Waals surface area contributed by atoms with Crippen LogP contribution in [-0.2, 0) is 16.1 Å². The normalized spacial score (nSPS) is 17.4. The maximum absolute atomic E-state index is 13.0. The molecule has 1 aliphatic heterocycles. The second-order valence-electron chi connectivity index (χ2n) is 6.57. The molecule has 1 fully saturated rings. The van der Waals surface area contributed by atoms with Crippen molar-refractivity contribution in [2.45, 2.75) is 49.7 Å². The SMILES string of the molecule is CCNC(=O)NC(=O)C(C)Sc1nc2ccccc2c(=O)n1CC1CCCO1. The molecule has 0 bridgehead atoms. The Bertz CT molecular complexity index is 924. The summed E-state index contributed by atoms with van der Waals surface area (Å²) >= 11 is 1.16. The van der Waals surface area contributed by atoms with E-state index in [1.54, 1.807) is 36.6 Å². The van der Waals surface area contributed by atoms with Crippen LogP contribution in [-0.4, -0.2) is 46.0 Å². The Labute approximate surface area is 167 Å². The molecular formula is C19H24N4O4S. The third kappa shape index (κ3) is 4.71. The first-order chi connectivity index (χ1) is 13.5. The van der Waals surface area contributed by atoms with Crippen molar-refractivity contribution >= 4 is 34.6 Å². The molecule has 3 amide bonds. The van der Waals surface area contributed by atoms with Crippen molar-refractivity contribution in [1.82, 2.24) is 20.2 Å². The number of nitrogens with one attached hydrogen (secondary N) is 2. The lowest BCUT2D eigenvalue weighted by atomic mass is 10.2. The second-order valence-corrected chi connectivity index (χ2v) is 7.88. The molecule has 0 aliphatic carbocycles. The number of para-hydroxylation sites is 1. The van der Waals surface area contributed by atoms with E-state index in [4.69, 9.17) is 4.74 Å². The quantitative estimate of drug-likeness (QED) is 0.563. The molecule has 0 radical (unpaired) electrons. The van der Waals surface area contributed by atoms with Gasteiger partial charge in [-0.3, -0.25) is 19.5 Å². The number of urea groups is 1. The zero-order valence-electron chi connectivity index (χ0n) is 15.9. The van der Waals surface area contributed by atoms with Crippen LogP contribution in [0.5, 0.6) is 0 Å². The number of rotatable bonds is 6. The fraction of sp³-hybridized carbons (Fsp3) is 0.474. The van der Waals surface area contributed by atoms with Gasteiger partial charge in [0.25, 0.3) is 5.56 Å². The largest absolute Gasteiger partial charge is 0.376 e. The Morgan fingerprint density at radius 1 is 1.39 bits per heavy atom. The number of carbonyl (C=O) groups is 2. The van der Waals surface area contributed by atoms with E-state index in [0.29, 0.717) is 35.8 Å². The van der Waals surface area contributed by atoms with Gasteiger partial charge in [0.15, 0.2) is 5.16 Å². The van der Waals surface area contributed by atoms with Crippen LogP contribution >= 0.6 is 11.8 Å². The second kappa shape index (κ2) is 9.20. The number of imide groups is 1. The van der Waals surface area contributed by atoms with Gasteiger partial charge in [-0.1, -0.05) is 23.9 Å². The van der Waals surface area contributed by atoms with E-state index >= 15 is 0 Å². The van der Waals surface area contributed by atoms with Gasteiger partial charge in [-0.05, 0) is 38.8 Å². The van der Waals surface area contributed by atoms with Gasteiger partial charge in [0.05, 0.1) is 28.8 Å². The first kappa shape index (κ1) is 20.3. The number of carbonyl (C=O) groups excluding carboxylic acids is 2. The molecule has 2 aromatic rings. The third-order valence-electron chi connectivity index (χ3n) is 4.46. The topological polar surface area (TPSA) is 102 Å². The minimum absolute atomic E-state index is 0.0422. The summed E-state index contributed by atoms with van der Waals surface area (Å²) in [5.74, 6) is -0.443. The molecule has 3 rings (SSSR count). The fourth-order valence-corrected chi connectivity index (χ4v) is 3.94. The summed E-state index contributed by atoms with van der Waals surface area (Å²) in [6.45, 7) is 4.95. The van der Waals surface area contributed by atoms with Crippen molar-refractivity contribution in [3.05, 3.63) is 34.6 Å². The van der Waals surface area contributed by atoms with E-state index in [-0.39, 0.29) is 11.7 Å². The molecule has 2 atom stereocenters. The van der Waals surface area contributed by atoms with Crippen molar-refractivity contribution in [3.8, 4) is 0 Å². The molecule has 1 aromatic heterocycles. The monoisotopic (exact) mass is 404 g/mol. The maximum Gasteiger partial charge on any atom is 0.321 e. The lowest BCUT2D eigenvalue weighted by Crippen LogP contribution is -2.42. The van der Waals surface area contributed by atoms with Crippen LogP contribution in [0.4, 0.5) is 4.79 Å². The van der Waals surface area contributed by atoms with Crippen molar-refractivity contribution in [1.29, 1.82) is 0 Å². The number of benzene rings is 1. The maximum atomic E-state index is 13.0. The molecule has 28 heavy (non-hydrogen) atoms. The molecule has 150 valence electrons. The van der Waals surface area contributed by atoms with Gasteiger partial charge in [0.2, 0.25) is 5.91 Å². The van der Waals surface area contributed by atoms with Gasteiger partial charge in [0, 0.05) is 13.2 Å². The van der Waals surface area contributed by atoms with Gasteiger partial charge < -0.3 is 10.1 Å². The summed E-state index contributed by atoms with van der Waals surface area (Å²) in [5.41, 5.74) is 0.426. The Kier molecular flexibility index (Phi) is 6.69. The zero-order valence-corrected chi connectivity index (χ0v) is 16.8. The number of fused-ring (bicyclic) bond motifs is 1. The summed E-state index contributed by atoms with van der Waals surface area (Å²) in [6, 6.07) is 6.60. The average molecular weight is 404 g/mol. The predicted octanol–water partition coefficient (Wildman–Crippen LogP) is 1.90. The summed E-state index contributed by atoms with van der Waals surface area (Å²) in [4.78, 5) is 41.5. The van der Waals surface area contributed by atoms with E-state index in [0.717, 1.165) is 24.6 Å². The molecule has 0 spiro atoms. The highest BCUT2D eigenvalue weighted by Crippen LogP contribution is 2.24. The van der Waals surface area contributed by atoms with Crippen LogP contribution in [0.25, 0.3) is 10.9 Å². The van der Waals surface area contributed by atoms with E-state index in [1.807, 2.05) is 6.07 Å². The Morgan fingerprint density at radius 2 is 2.18 bits per heavy atom. The van der Waals surface area contributed by atoms with Gasteiger partial charge in [0.1, 0.15) is 0 Å². The summed E-state index contributed by atoms with van der Waals surface area (Å²) in [7, 11) is 0. The van der Waals surface area contributed by atoms with Gasteiger partial charge >= 0.3 is 6.03 Å². The fourth-order valence-electron chi connectivity index (χ4n) is 3.02. The number of aromatic nitrogens is 2. The summed E-state index contributed by atoms with van der Waals surface area (Å²) < 4.78 is 7.26. The minimum Gasteiger partial charge on any atom is -0.376 e. The third-order valence-corrected chi connectivity index (χ3v) is 5.55. The van der Waals surface area contributed by atoms with Crippen LogP contribution in [0.1, 0.15) is 26.7 Å². The number of nitrogens with zero attached hydrogens (tertiary/aromatic N) is 2. The van der Waals surface area contributed by atoms with E-state index < -0.39 is 17.2 Å². The highest BCUT2D eigenvalue weighted by molar-refractivity contribution is 8.00.